The number of ether oxygens (including phenoxy) is 3. The average molecular weight is 502 g/mol. The number of hydrogen-bond donors (Lipinski definition) is 0. The molecule has 0 bridgehead atoms. The molecule has 36 heavy (non-hydrogen) atoms. The van der Waals surface area contributed by atoms with Crippen LogP contribution in [0.2, 0.25) is 0 Å². The van der Waals surface area contributed by atoms with Crippen molar-refractivity contribution in [3.63, 3.8) is 0 Å². The minimum absolute atomic E-state index is 0.0484. The number of piperidine rings is 2. The van der Waals surface area contributed by atoms with Crippen molar-refractivity contribution in [1.29, 1.82) is 0 Å². The van der Waals surface area contributed by atoms with Crippen LogP contribution < -0.4 is 9.47 Å². The van der Waals surface area contributed by atoms with Crippen molar-refractivity contribution in [2.45, 2.75) is 44.3 Å². The van der Waals surface area contributed by atoms with Crippen LogP contribution >= 0.6 is 0 Å². The summed E-state index contributed by atoms with van der Waals surface area (Å²) >= 11 is 0. The van der Waals surface area contributed by atoms with E-state index in [2.05, 4.69) is 15.0 Å². The van der Waals surface area contributed by atoms with Gasteiger partial charge in [-0.25, -0.2) is 14.3 Å². The standard InChI is InChI=1S/C25H25F3N4O4/c26-25(27,28)22-11-17(15-6-7-20-21(10-15)36-14-35-20)29-23-12-18(30-32(22)23)24(33)34-13-16-4-3-9-31-8-2-1-5-19(16)31/h6-7,10-12,16,19H,1-5,8-9,13-14H2/t16-,19-/m1/s1. The second kappa shape index (κ2) is 8.95. The number of hydrogen-bond acceptors (Lipinski definition) is 7. The molecule has 2 atom stereocenters. The highest BCUT2D eigenvalue weighted by atomic mass is 19.4. The Morgan fingerprint density at radius 3 is 2.75 bits per heavy atom. The smallest absolute Gasteiger partial charge is 0.433 e. The molecule has 190 valence electrons. The Labute approximate surface area is 204 Å². The Morgan fingerprint density at radius 1 is 1.06 bits per heavy atom. The summed E-state index contributed by atoms with van der Waals surface area (Å²) in [6, 6.07) is 7.34. The van der Waals surface area contributed by atoms with E-state index in [0.717, 1.165) is 44.8 Å². The molecule has 0 aliphatic carbocycles. The molecule has 5 heterocycles. The third kappa shape index (κ3) is 4.25. The summed E-state index contributed by atoms with van der Waals surface area (Å²) in [5.74, 6) is 0.423. The summed E-state index contributed by atoms with van der Waals surface area (Å²) in [6.07, 6.45) is 0.736. The lowest BCUT2D eigenvalue weighted by atomic mass is 9.84. The van der Waals surface area contributed by atoms with Crippen molar-refractivity contribution in [1.82, 2.24) is 19.5 Å². The minimum atomic E-state index is -4.72. The van der Waals surface area contributed by atoms with Crippen molar-refractivity contribution in [2.75, 3.05) is 26.5 Å². The number of alkyl halides is 3. The van der Waals surface area contributed by atoms with Crippen LogP contribution in [0.25, 0.3) is 16.9 Å². The lowest BCUT2D eigenvalue weighted by molar-refractivity contribution is -0.142. The fraction of sp³-hybridized carbons (Fsp3) is 0.480. The van der Waals surface area contributed by atoms with Gasteiger partial charge in [0.1, 0.15) is 0 Å². The lowest BCUT2D eigenvalue weighted by Gasteiger charge is -2.44. The maximum atomic E-state index is 13.9. The number of nitrogens with zero attached hydrogens (tertiary/aromatic N) is 4. The molecular weight excluding hydrogens is 477 g/mol. The van der Waals surface area contributed by atoms with Crippen molar-refractivity contribution in [3.8, 4) is 22.8 Å². The number of benzene rings is 1. The third-order valence-electron chi connectivity index (χ3n) is 7.25. The highest BCUT2D eigenvalue weighted by Crippen LogP contribution is 2.38. The van der Waals surface area contributed by atoms with Crippen molar-refractivity contribution >= 4 is 11.6 Å². The zero-order valence-electron chi connectivity index (χ0n) is 19.5. The van der Waals surface area contributed by atoms with Gasteiger partial charge < -0.3 is 14.2 Å². The summed E-state index contributed by atoms with van der Waals surface area (Å²) in [6.45, 7) is 2.42. The molecule has 0 amide bonds. The molecular formula is C25H25F3N4O4. The van der Waals surface area contributed by atoms with E-state index in [0.29, 0.717) is 27.6 Å². The predicted octanol–water partition coefficient (Wildman–Crippen LogP) is 4.57. The number of carbonyl (C=O) groups excluding carboxylic acids is 1. The van der Waals surface area contributed by atoms with Gasteiger partial charge in [0.15, 0.2) is 28.5 Å². The van der Waals surface area contributed by atoms with Gasteiger partial charge in [0.05, 0.1) is 12.3 Å². The lowest BCUT2D eigenvalue weighted by Crippen LogP contribution is -2.49. The van der Waals surface area contributed by atoms with Crippen LogP contribution in [0.5, 0.6) is 11.5 Å². The molecule has 3 aliphatic heterocycles. The number of fused-ring (bicyclic) bond motifs is 3. The predicted molar refractivity (Wildman–Crippen MR) is 122 cm³/mol. The third-order valence-corrected chi connectivity index (χ3v) is 7.25. The first-order valence-corrected chi connectivity index (χ1v) is 12.2. The van der Waals surface area contributed by atoms with Gasteiger partial charge in [-0.15, -0.1) is 0 Å². The quantitative estimate of drug-likeness (QED) is 0.484. The van der Waals surface area contributed by atoms with E-state index in [9.17, 15) is 18.0 Å². The first-order valence-electron chi connectivity index (χ1n) is 12.2. The van der Waals surface area contributed by atoms with Gasteiger partial charge >= 0.3 is 12.1 Å². The Morgan fingerprint density at radius 2 is 1.89 bits per heavy atom. The summed E-state index contributed by atoms with van der Waals surface area (Å²) < 4.78 is 58.6. The van der Waals surface area contributed by atoms with E-state index in [-0.39, 0.29) is 36.4 Å². The normalized spacial score (nSPS) is 22.0. The van der Waals surface area contributed by atoms with Gasteiger partial charge in [-0.3, -0.25) is 4.90 Å². The Balaban J connectivity index is 1.27. The maximum absolute atomic E-state index is 13.9. The first-order chi connectivity index (χ1) is 17.4. The largest absolute Gasteiger partial charge is 0.461 e. The summed E-state index contributed by atoms with van der Waals surface area (Å²) in [5.41, 5.74) is -0.837. The zero-order valence-corrected chi connectivity index (χ0v) is 19.5. The van der Waals surface area contributed by atoms with Crippen LogP contribution in [0.4, 0.5) is 13.2 Å². The van der Waals surface area contributed by atoms with Gasteiger partial charge in [0.2, 0.25) is 6.79 Å². The monoisotopic (exact) mass is 502 g/mol. The molecule has 8 nitrogen and oxygen atoms in total. The van der Waals surface area contributed by atoms with E-state index >= 15 is 0 Å². The van der Waals surface area contributed by atoms with Crippen molar-refractivity contribution in [3.05, 3.63) is 41.7 Å². The zero-order chi connectivity index (χ0) is 24.9. The van der Waals surface area contributed by atoms with Gasteiger partial charge in [-0.05, 0) is 63.0 Å². The molecule has 0 spiro atoms. The van der Waals surface area contributed by atoms with E-state index in [1.54, 1.807) is 18.2 Å². The van der Waals surface area contributed by atoms with Crippen LogP contribution in [-0.4, -0.2) is 58.0 Å². The van der Waals surface area contributed by atoms with Crippen LogP contribution in [0.3, 0.4) is 0 Å². The van der Waals surface area contributed by atoms with Crippen LogP contribution in [0, 0.1) is 5.92 Å². The minimum Gasteiger partial charge on any atom is -0.461 e. The summed E-state index contributed by atoms with van der Waals surface area (Å²) in [5, 5.41) is 3.92. The van der Waals surface area contributed by atoms with Crippen LogP contribution in [0.15, 0.2) is 30.3 Å². The molecule has 0 unspecified atom stereocenters. The summed E-state index contributed by atoms with van der Waals surface area (Å²) in [4.78, 5) is 19.6. The fourth-order valence-corrected chi connectivity index (χ4v) is 5.51. The topological polar surface area (TPSA) is 78.2 Å². The first kappa shape index (κ1) is 23.1. The molecule has 0 saturated carbocycles. The van der Waals surface area contributed by atoms with E-state index < -0.39 is 17.8 Å². The molecule has 6 rings (SSSR count). The molecule has 3 aromatic rings. The number of aromatic nitrogens is 3. The number of carbonyl (C=O) groups is 1. The fourth-order valence-electron chi connectivity index (χ4n) is 5.51. The molecule has 2 aromatic heterocycles. The van der Waals surface area contributed by atoms with Gasteiger partial charge in [-0.1, -0.05) is 6.42 Å². The Bertz CT molecular complexity index is 1310. The average Bonchev–Trinajstić information content (AvgIpc) is 3.52. The molecule has 3 aliphatic rings. The van der Waals surface area contributed by atoms with Crippen molar-refractivity contribution < 1.29 is 32.2 Å². The highest BCUT2D eigenvalue weighted by Gasteiger charge is 2.37. The molecule has 2 fully saturated rings. The number of esters is 1. The molecule has 0 N–H and O–H groups in total. The molecule has 0 radical (unpaired) electrons. The van der Waals surface area contributed by atoms with E-state index in [1.807, 2.05) is 0 Å². The highest BCUT2D eigenvalue weighted by molar-refractivity contribution is 5.88. The molecule has 2 saturated heterocycles. The SMILES string of the molecule is O=C(OC[C@H]1CCCN2CCCC[C@H]12)c1cc2nc(-c3ccc4c(c3)OCO4)cc(C(F)(F)F)n2n1. The Hall–Kier alpha value is -3.34. The Kier molecular flexibility index (Phi) is 5.74. The molecule has 11 heteroatoms. The van der Waals surface area contributed by atoms with Gasteiger partial charge in [-0.2, -0.15) is 18.3 Å². The van der Waals surface area contributed by atoms with Crippen LogP contribution in [0.1, 0.15) is 48.3 Å². The van der Waals surface area contributed by atoms with Gasteiger partial charge in [0.25, 0.3) is 0 Å². The molecule has 1 aromatic carbocycles. The second-order valence-corrected chi connectivity index (χ2v) is 9.49. The number of rotatable bonds is 4. The van der Waals surface area contributed by atoms with Crippen molar-refractivity contribution in [2.24, 2.45) is 5.92 Å². The number of halogens is 3. The summed E-state index contributed by atoms with van der Waals surface area (Å²) in [7, 11) is 0. The second-order valence-electron chi connectivity index (χ2n) is 9.49. The van der Waals surface area contributed by atoms with Crippen LogP contribution in [-0.2, 0) is 10.9 Å². The maximum Gasteiger partial charge on any atom is 0.433 e. The van der Waals surface area contributed by atoms with E-state index in [1.165, 1.54) is 12.5 Å². The van der Waals surface area contributed by atoms with Gasteiger partial charge in [0, 0.05) is 23.6 Å². The van der Waals surface area contributed by atoms with E-state index in [4.69, 9.17) is 14.2 Å².